The second-order valence-electron chi connectivity index (χ2n) is 5.10. The number of benzene rings is 2. The maximum atomic E-state index is 6.26. The molecule has 1 N–H and O–H groups in total. The molecular formula is C17H18ClNO. The largest absolute Gasteiger partial charge is 0.495 e. The highest BCUT2D eigenvalue weighted by molar-refractivity contribution is 6.32. The number of rotatable bonds is 2. The summed E-state index contributed by atoms with van der Waals surface area (Å²) in [6.07, 6.45) is 1.00. The van der Waals surface area contributed by atoms with Crippen LogP contribution in [0.2, 0.25) is 5.02 Å². The molecule has 3 heteroatoms. The lowest BCUT2D eigenvalue weighted by atomic mass is 9.88. The van der Waals surface area contributed by atoms with Gasteiger partial charge in [-0.1, -0.05) is 41.9 Å². The average molecular weight is 288 g/mol. The Morgan fingerprint density at radius 2 is 2.00 bits per heavy atom. The zero-order chi connectivity index (χ0) is 13.9. The summed E-state index contributed by atoms with van der Waals surface area (Å²) >= 11 is 6.26. The first kappa shape index (κ1) is 13.5. The predicted octanol–water partition coefficient (Wildman–Crippen LogP) is 3.63. The molecule has 0 spiro atoms. The number of hydrogen-bond acceptors (Lipinski definition) is 2. The van der Waals surface area contributed by atoms with Crippen LogP contribution in [0.4, 0.5) is 0 Å². The number of hydrogen-bond donors (Lipinski definition) is 1. The Balaban J connectivity index is 2.11. The standard InChI is InChI=1S/C17H18ClNO/c1-20-17-10-14-13(9-16(17)18)7-8-19-11-15(14)12-5-3-2-4-6-12/h2-6,9-10,15,19H,7-8,11H2,1H3/t15-/m0/s1. The number of halogens is 1. The van der Waals surface area contributed by atoms with Gasteiger partial charge >= 0.3 is 0 Å². The summed E-state index contributed by atoms with van der Waals surface area (Å²) in [5, 5.41) is 4.21. The van der Waals surface area contributed by atoms with E-state index in [-0.39, 0.29) is 0 Å². The third kappa shape index (κ3) is 2.54. The van der Waals surface area contributed by atoms with E-state index in [0.29, 0.717) is 10.9 Å². The van der Waals surface area contributed by atoms with Crippen molar-refractivity contribution in [2.75, 3.05) is 20.2 Å². The Kier molecular flexibility index (Phi) is 3.95. The van der Waals surface area contributed by atoms with E-state index in [1.165, 1.54) is 16.7 Å². The normalized spacial score (nSPS) is 18.2. The van der Waals surface area contributed by atoms with Crippen LogP contribution in [0.5, 0.6) is 5.75 Å². The van der Waals surface area contributed by atoms with Crippen LogP contribution in [0.1, 0.15) is 22.6 Å². The van der Waals surface area contributed by atoms with Gasteiger partial charge in [-0.3, -0.25) is 0 Å². The molecule has 0 unspecified atom stereocenters. The molecular weight excluding hydrogens is 270 g/mol. The number of nitrogens with one attached hydrogen (secondary N) is 1. The summed E-state index contributed by atoms with van der Waals surface area (Å²) in [7, 11) is 1.67. The lowest BCUT2D eigenvalue weighted by molar-refractivity contribution is 0.414. The third-order valence-electron chi connectivity index (χ3n) is 3.91. The van der Waals surface area contributed by atoms with E-state index in [2.05, 4.69) is 47.8 Å². The highest BCUT2D eigenvalue weighted by atomic mass is 35.5. The monoisotopic (exact) mass is 287 g/mol. The van der Waals surface area contributed by atoms with Crippen molar-refractivity contribution in [2.45, 2.75) is 12.3 Å². The second-order valence-corrected chi connectivity index (χ2v) is 5.51. The van der Waals surface area contributed by atoms with Crippen molar-refractivity contribution in [3.63, 3.8) is 0 Å². The van der Waals surface area contributed by atoms with Crippen LogP contribution >= 0.6 is 11.6 Å². The van der Waals surface area contributed by atoms with Gasteiger partial charge in [-0.25, -0.2) is 0 Å². The van der Waals surface area contributed by atoms with Crippen LogP contribution in [-0.4, -0.2) is 20.2 Å². The minimum Gasteiger partial charge on any atom is -0.495 e. The number of methoxy groups -OCH3 is 1. The predicted molar refractivity (Wildman–Crippen MR) is 82.9 cm³/mol. The molecule has 2 aromatic rings. The molecule has 0 aromatic heterocycles. The van der Waals surface area contributed by atoms with Crippen molar-refractivity contribution < 1.29 is 4.74 Å². The van der Waals surface area contributed by atoms with Gasteiger partial charge in [0.2, 0.25) is 0 Å². The summed E-state index contributed by atoms with van der Waals surface area (Å²) in [4.78, 5) is 0. The summed E-state index contributed by atoms with van der Waals surface area (Å²) in [5.41, 5.74) is 3.96. The lowest BCUT2D eigenvalue weighted by Crippen LogP contribution is -2.20. The highest BCUT2D eigenvalue weighted by Crippen LogP contribution is 2.35. The van der Waals surface area contributed by atoms with Crippen LogP contribution in [0.3, 0.4) is 0 Å². The molecule has 1 aliphatic heterocycles. The first-order valence-corrected chi connectivity index (χ1v) is 7.29. The van der Waals surface area contributed by atoms with Crippen molar-refractivity contribution in [3.8, 4) is 5.75 Å². The second kappa shape index (κ2) is 5.86. The van der Waals surface area contributed by atoms with Gasteiger partial charge in [0.1, 0.15) is 5.75 Å². The molecule has 0 saturated carbocycles. The van der Waals surface area contributed by atoms with Gasteiger partial charge < -0.3 is 10.1 Å². The van der Waals surface area contributed by atoms with Crippen molar-refractivity contribution in [3.05, 3.63) is 64.2 Å². The minimum atomic E-state index is 0.347. The molecule has 3 rings (SSSR count). The summed E-state index contributed by atoms with van der Waals surface area (Å²) < 4.78 is 5.38. The Bertz CT molecular complexity index is 597. The molecule has 2 aromatic carbocycles. The summed E-state index contributed by atoms with van der Waals surface area (Å²) in [6, 6.07) is 14.8. The maximum Gasteiger partial charge on any atom is 0.137 e. The van der Waals surface area contributed by atoms with E-state index >= 15 is 0 Å². The van der Waals surface area contributed by atoms with E-state index in [4.69, 9.17) is 16.3 Å². The Morgan fingerprint density at radius 1 is 1.20 bits per heavy atom. The van der Waals surface area contributed by atoms with Gasteiger partial charge in [-0.15, -0.1) is 0 Å². The van der Waals surface area contributed by atoms with Crippen molar-refractivity contribution in [2.24, 2.45) is 0 Å². The molecule has 104 valence electrons. The number of ether oxygens (including phenoxy) is 1. The fourth-order valence-electron chi connectivity index (χ4n) is 2.87. The van der Waals surface area contributed by atoms with Crippen LogP contribution in [0, 0.1) is 0 Å². The van der Waals surface area contributed by atoms with E-state index in [1.54, 1.807) is 7.11 Å². The average Bonchev–Trinajstić information content (AvgIpc) is 2.69. The van der Waals surface area contributed by atoms with E-state index < -0.39 is 0 Å². The lowest BCUT2D eigenvalue weighted by Gasteiger charge is -2.19. The van der Waals surface area contributed by atoms with Gasteiger partial charge in [0.15, 0.2) is 0 Å². The highest BCUT2D eigenvalue weighted by Gasteiger charge is 2.22. The van der Waals surface area contributed by atoms with Gasteiger partial charge in [0.25, 0.3) is 0 Å². The summed E-state index contributed by atoms with van der Waals surface area (Å²) in [5.74, 6) is 1.10. The van der Waals surface area contributed by atoms with E-state index in [1.807, 2.05) is 0 Å². The molecule has 0 fully saturated rings. The van der Waals surface area contributed by atoms with Gasteiger partial charge in [-0.2, -0.15) is 0 Å². The zero-order valence-electron chi connectivity index (χ0n) is 11.5. The Morgan fingerprint density at radius 3 is 2.75 bits per heavy atom. The maximum absolute atomic E-state index is 6.26. The van der Waals surface area contributed by atoms with Crippen molar-refractivity contribution in [1.82, 2.24) is 5.32 Å². The van der Waals surface area contributed by atoms with Crippen LogP contribution in [0.15, 0.2) is 42.5 Å². The van der Waals surface area contributed by atoms with Crippen LogP contribution in [0.25, 0.3) is 0 Å². The molecule has 0 bridgehead atoms. The van der Waals surface area contributed by atoms with Crippen molar-refractivity contribution in [1.29, 1.82) is 0 Å². The molecule has 20 heavy (non-hydrogen) atoms. The molecule has 2 nitrogen and oxygen atoms in total. The van der Waals surface area contributed by atoms with Crippen molar-refractivity contribution >= 4 is 11.6 Å². The number of fused-ring (bicyclic) bond motifs is 1. The zero-order valence-corrected chi connectivity index (χ0v) is 12.3. The molecule has 0 amide bonds. The quantitative estimate of drug-likeness (QED) is 0.911. The van der Waals surface area contributed by atoms with E-state index in [9.17, 15) is 0 Å². The SMILES string of the molecule is COc1cc2c(cc1Cl)CCNC[C@H]2c1ccccc1. The molecule has 1 aliphatic rings. The molecule has 0 saturated heterocycles. The van der Waals surface area contributed by atoms with Gasteiger partial charge in [-0.05, 0) is 41.8 Å². The summed E-state index contributed by atoms with van der Waals surface area (Å²) in [6.45, 7) is 1.93. The minimum absolute atomic E-state index is 0.347. The molecule has 1 heterocycles. The van der Waals surface area contributed by atoms with Crippen LogP contribution in [-0.2, 0) is 6.42 Å². The molecule has 1 atom stereocenters. The Hall–Kier alpha value is -1.51. The Labute approximate surface area is 124 Å². The first-order valence-electron chi connectivity index (χ1n) is 6.91. The van der Waals surface area contributed by atoms with Gasteiger partial charge in [0.05, 0.1) is 12.1 Å². The molecule has 0 aliphatic carbocycles. The third-order valence-corrected chi connectivity index (χ3v) is 4.21. The molecule has 0 radical (unpaired) electrons. The fraction of sp³-hybridized carbons (Fsp3) is 0.294. The van der Waals surface area contributed by atoms with E-state index in [0.717, 1.165) is 25.3 Å². The first-order chi connectivity index (χ1) is 9.79. The van der Waals surface area contributed by atoms with Crippen LogP contribution < -0.4 is 10.1 Å². The van der Waals surface area contributed by atoms with Gasteiger partial charge in [0, 0.05) is 12.5 Å². The fourth-order valence-corrected chi connectivity index (χ4v) is 3.13. The smallest absolute Gasteiger partial charge is 0.137 e. The topological polar surface area (TPSA) is 21.3 Å².